The number of hydrogen-bond donors (Lipinski definition) is 1. The van der Waals surface area contributed by atoms with Gasteiger partial charge in [0.2, 0.25) is 0 Å². The van der Waals surface area contributed by atoms with Gasteiger partial charge in [0.05, 0.1) is 16.8 Å². The predicted octanol–water partition coefficient (Wildman–Crippen LogP) is 2.29. The van der Waals surface area contributed by atoms with Crippen LogP contribution >= 0.6 is 11.3 Å². The van der Waals surface area contributed by atoms with Crippen LogP contribution in [0.25, 0.3) is 10.2 Å². The first-order valence-corrected chi connectivity index (χ1v) is 8.42. The van der Waals surface area contributed by atoms with Gasteiger partial charge in [-0.05, 0) is 30.7 Å². The van der Waals surface area contributed by atoms with E-state index in [1.54, 1.807) is 24.8 Å². The summed E-state index contributed by atoms with van der Waals surface area (Å²) in [5.41, 5.74) is 1.06. The predicted molar refractivity (Wildman–Crippen MR) is 87.1 cm³/mol. The topological polar surface area (TPSA) is 50.3 Å². The van der Waals surface area contributed by atoms with Gasteiger partial charge in [-0.2, -0.15) is 0 Å². The zero-order valence-corrected chi connectivity index (χ0v) is 13.2. The summed E-state index contributed by atoms with van der Waals surface area (Å²) in [5.74, 6) is 1.10. The second-order valence-electron chi connectivity index (χ2n) is 5.37. The first kappa shape index (κ1) is 14.7. The third-order valence-electron chi connectivity index (χ3n) is 3.99. The number of piperidine rings is 1. The molecule has 0 radical (unpaired) electrons. The molecule has 1 fully saturated rings. The molecule has 114 valence electrons. The molecule has 0 saturated carbocycles. The highest BCUT2D eigenvalue weighted by molar-refractivity contribution is 7.17. The molecule has 1 N–H and O–H groups in total. The van der Waals surface area contributed by atoms with Gasteiger partial charge in [0, 0.05) is 32.8 Å². The maximum atomic E-state index is 5.09. The van der Waals surface area contributed by atoms with Crippen molar-refractivity contribution in [2.24, 2.45) is 0 Å². The third-order valence-corrected chi connectivity index (χ3v) is 4.89. The summed E-state index contributed by atoms with van der Waals surface area (Å²) in [6.07, 6.45) is 5.45. The summed E-state index contributed by atoms with van der Waals surface area (Å²) >= 11 is 1.73. The SMILES string of the molecule is COCCNCC1CCCCN1c1ncnc2ccsc12. The Balaban J connectivity index is 1.75. The van der Waals surface area contributed by atoms with E-state index in [-0.39, 0.29) is 0 Å². The lowest BCUT2D eigenvalue weighted by atomic mass is 10.0. The Morgan fingerprint density at radius 1 is 1.43 bits per heavy atom. The molecule has 3 rings (SSSR count). The molecule has 5 nitrogen and oxygen atoms in total. The monoisotopic (exact) mass is 306 g/mol. The number of thiophene rings is 1. The van der Waals surface area contributed by atoms with Crippen LogP contribution in [0.15, 0.2) is 17.8 Å². The van der Waals surface area contributed by atoms with Crippen molar-refractivity contribution in [2.45, 2.75) is 25.3 Å². The lowest BCUT2D eigenvalue weighted by molar-refractivity contribution is 0.198. The Bertz CT molecular complexity index is 574. The summed E-state index contributed by atoms with van der Waals surface area (Å²) in [7, 11) is 1.74. The minimum atomic E-state index is 0.510. The Labute approximate surface area is 129 Å². The fourth-order valence-corrected chi connectivity index (χ4v) is 3.76. The van der Waals surface area contributed by atoms with Crippen molar-refractivity contribution in [1.82, 2.24) is 15.3 Å². The van der Waals surface area contributed by atoms with Crippen molar-refractivity contribution < 1.29 is 4.74 Å². The van der Waals surface area contributed by atoms with Gasteiger partial charge in [-0.15, -0.1) is 11.3 Å². The molecule has 2 aromatic heterocycles. The molecular formula is C15H22N4OS. The van der Waals surface area contributed by atoms with Crippen LogP contribution in [-0.2, 0) is 4.74 Å². The number of nitrogens with zero attached hydrogens (tertiary/aromatic N) is 3. The van der Waals surface area contributed by atoms with Crippen LogP contribution < -0.4 is 10.2 Å². The molecule has 1 saturated heterocycles. The van der Waals surface area contributed by atoms with Crippen LogP contribution in [0.1, 0.15) is 19.3 Å². The van der Waals surface area contributed by atoms with Gasteiger partial charge >= 0.3 is 0 Å². The smallest absolute Gasteiger partial charge is 0.150 e. The molecule has 0 aromatic carbocycles. The maximum Gasteiger partial charge on any atom is 0.150 e. The van der Waals surface area contributed by atoms with Crippen LogP contribution in [0, 0.1) is 0 Å². The molecule has 1 unspecified atom stereocenters. The molecule has 1 atom stereocenters. The van der Waals surface area contributed by atoms with Crippen molar-refractivity contribution >= 4 is 27.4 Å². The molecule has 1 aliphatic heterocycles. The van der Waals surface area contributed by atoms with Gasteiger partial charge in [0.15, 0.2) is 0 Å². The van der Waals surface area contributed by atoms with Crippen LogP contribution in [0.3, 0.4) is 0 Å². The van der Waals surface area contributed by atoms with E-state index in [0.717, 1.165) is 37.6 Å². The highest BCUT2D eigenvalue weighted by Crippen LogP contribution is 2.31. The molecule has 3 heterocycles. The summed E-state index contributed by atoms with van der Waals surface area (Å²) < 4.78 is 6.30. The van der Waals surface area contributed by atoms with Crippen molar-refractivity contribution in [3.63, 3.8) is 0 Å². The fourth-order valence-electron chi connectivity index (χ4n) is 2.91. The van der Waals surface area contributed by atoms with E-state index in [1.807, 2.05) is 0 Å². The second-order valence-corrected chi connectivity index (χ2v) is 6.29. The standard InChI is InChI=1S/C15H22N4OS/c1-20-8-6-16-10-12-4-2-3-7-19(12)15-14-13(5-9-21-14)17-11-18-15/h5,9,11-12,16H,2-4,6-8,10H2,1H3. The summed E-state index contributed by atoms with van der Waals surface area (Å²) in [6, 6.07) is 2.58. The zero-order valence-electron chi connectivity index (χ0n) is 12.4. The first-order chi connectivity index (χ1) is 10.4. The van der Waals surface area contributed by atoms with Crippen LogP contribution in [-0.4, -0.2) is 49.4 Å². The van der Waals surface area contributed by atoms with E-state index in [9.17, 15) is 0 Å². The molecule has 0 aliphatic carbocycles. The van der Waals surface area contributed by atoms with E-state index in [1.165, 1.54) is 24.0 Å². The number of methoxy groups -OCH3 is 1. The van der Waals surface area contributed by atoms with Crippen molar-refractivity contribution in [1.29, 1.82) is 0 Å². The normalized spacial score (nSPS) is 19.3. The molecule has 0 amide bonds. The Hall–Kier alpha value is -1.24. The molecule has 0 spiro atoms. The van der Waals surface area contributed by atoms with Gasteiger partial charge in [-0.25, -0.2) is 9.97 Å². The van der Waals surface area contributed by atoms with Crippen molar-refractivity contribution in [3.05, 3.63) is 17.8 Å². The van der Waals surface area contributed by atoms with E-state index in [4.69, 9.17) is 4.74 Å². The first-order valence-electron chi connectivity index (χ1n) is 7.54. The fraction of sp³-hybridized carbons (Fsp3) is 0.600. The molecule has 1 aliphatic rings. The van der Waals surface area contributed by atoms with Gasteiger partial charge in [0.1, 0.15) is 12.1 Å². The van der Waals surface area contributed by atoms with E-state index < -0.39 is 0 Å². The van der Waals surface area contributed by atoms with E-state index >= 15 is 0 Å². The molecule has 21 heavy (non-hydrogen) atoms. The van der Waals surface area contributed by atoms with E-state index in [0.29, 0.717) is 6.04 Å². The Kier molecular flexibility index (Phi) is 5.00. The number of rotatable bonds is 6. The van der Waals surface area contributed by atoms with E-state index in [2.05, 4.69) is 31.6 Å². The zero-order chi connectivity index (χ0) is 14.5. The maximum absolute atomic E-state index is 5.09. The largest absolute Gasteiger partial charge is 0.383 e. The van der Waals surface area contributed by atoms with Crippen LogP contribution in [0.2, 0.25) is 0 Å². The highest BCUT2D eigenvalue weighted by Gasteiger charge is 2.25. The Morgan fingerprint density at radius 3 is 3.29 bits per heavy atom. The number of anilines is 1. The lowest BCUT2D eigenvalue weighted by Crippen LogP contribution is -2.46. The van der Waals surface area contributed by atoms with Crippen molar-refractivity contribution in [2.75, 3.05) is 38.3 Å². The van der Waals surface area contributed by atoms with Crippen molar-refractivity contribution in [3.8, 4) is 0 Å². The molecule has 2 aromatic rings. The number of aromatic nitrogens is 2. The van der Waals surface area contributed by atoms with Gasteiger partial charge in [-0.1, -0.05) is 0 Å². The van der Waals surface area contributed by atoms with Gasteiger partial charge in [-0.3, -0.25) is 0 Å². The summed E-state index contributed by atoms with van der Waals surface area (Å²) in [6.45, 7) is 3.73. The second kappa shape index (κ2) is 7.15. The molecular weight excluding hydrogens is 284 g/mol. The Morgan fingerprint density at radius 2 is 2.38 bits per heavy atom. The number of nitrogens with one attached hydrogen (secondary N) is 1. The highest BCUT2D eigenvalue weighted by atomic mass is 32.1. The quantitative estimate of drug-likeness (QED) is 0.830. The third kappa shape index (κ3) is 3.33. The van der Waals surface area contributed by atoms with Crippen LogP contribution in [0.5, 0.6) is 0 Å². The number of ether oxygens (including phenoxy) is 1. The minimum Gasteiger partial charge on any atom is -0.383 e. The molecule has 6 heteroatoms. The van der Waals surface area contributed by atoms with Gasteiger partial charge < -0.3 is 15.0 Å². The summed E-state index contributed by atoms with van der Waals surface area (Å²) in [5, 5.41) is 5.59. The lowest BCUT2D eigenvalue weighted by Gasteiger charge is -2.37. The minimum absolute atomic E-state index is 0.510. The van der Waals surface area contributed by atoms with Crippen LogP contribution in [0.4, 0.5) is 5.82 Å². The average molecular weight is 306 g/mol. The summed E-state index contributed by atoms with van der Waals surface area (Å²) in [4.78, 5) is 11.4. The number of fused-ring (bicyclic) bond motifs is 1. The van der Waals surface area contributed by atoms with Gasteiger partial charge in [0.25, 0.3) is 0 Å². The number of hydrogen-bond acceptors (Lipinski definition) is 6. The molecule has 0 bridgehead atoms. The average Bonchev–Trinajstić information content (AvgIpc) is 3.00.